The van der Waals surface area contributed by atoms with Gasteiger partial charge in [-0.15, -0.1) is 0 Å². The number of carbonyl (C=O) groups excluding carboxylic acids is 2. The fourth-order valence-corrected chi connectivity index (χ4v) is 4.10. The molecule has 0 unspecified atom stereocenters. The molecule has 0 saturated carbocycles. The van der Waals surface area contributed by atoms with Crippen molar-refractivity contribution in [3.8, 4) is 23.0 Å². The maximum atomic E-state index is 12.3. The van der Waals surface area contributed by atoms with E-state index in [-0.39, 0.29) is 24.7 Å². The van der Waals surface area contributed by atoms with Gasteiger partial charge in [0.2, 0.25) is 11.8 Å². The van der Waals surface area contributed by atoms with Crippen LogP contribution in [0.5, 0.6) is 23.0 Å². The first-order valence-corrected chi connectivity index (χ1v) is 11.7. The number of halogens is 2. The summed E-state index contributed by atoms with van der Waals surface area (Å²) in [6.45, 7) is 0. The van der Waals surface area contributed by atoms with Crippen LogP contribution in [0.25, 0.3) is 0 Å². The van der Waals surface area contributed by atoms with Crippen LogP contribution in [0, 0.1) is 0 Å². The van der Waals surface area contributed by atoms with Crippen LogP contribution in [0.2, 0.25) is 10.0 Å². The van der Waals surface area contributed by atoms with E-state index in [0.29, 0.717) is 55.9 Å². The minimum absolute atomic E-state index is 0.187. The van der Waals surface area contributed by atoms with Gasteiger partial charge in [0, 0.05) is 48.6 Å². The number of carbonyl (C=O) groups is 2. The summed E-state index contributed by atoms with van der Waals surface area (Å²) in [5.74, 6) is 2.46. The van der Waals surface area contributed by atoms with E-state index in [1.54, 1.807) is 24.3 Å². The predicted octanol–water partition coefficient (Wildman–Crippen LogP) is 5.12. The van der Waals surface area contributed by atoms with Crippen LogP contribution in [-0.2, 0) is 9.59 Å². The number of hydrogen-bond donors (Lipinski definition) is 2. The number of hydrogen-bond acceptors (Lipinski definition) is 7. The number of anilines is 2. The molecule has 2 aromatic carbocycles. The minimum Gasteiger partial charge on any atom is -0.495 e. The lowest BCUT2D eigenvalue weighted by molar-refractivity contribution is -0.116. The Kier molecular flexibility index (Phi) is 10.8. The molecule has 11 heteroatoms. The Bertz CT molecular complexity index is 912. The molecule has 2 rings (SSSR count). The SMILES string of the molecule is COc1cc(NC(=O)CCSCCC(=O)Nc2cc(OC)c(Cl)cc2OC)c(OC)cc1Cl. The highest BCUT2D eigenvalue weighted by atomic mass is 35.5. The third kappa shape index (κ3) is 7.80. The van der Waals surface area contributed by atoms with E-state index in [4.69, 9.17) is 42.1 Å². The molecular formula is C22H26Cl2N2O6S. The highest BCUT2D eigenvalue weighted by Crippen LogP contribution is 2.37. The molecule has 180 valence electrons. The molecular weight excluding hydrogens is 491 g/mol. The van der Waals surface area contributed by atoms with Gasteiger partial charge in [0.1, 0.15) is 23.0 Å². The second-order valence-electron chi connectivity index (χ2n) is 6.58. The quantitative estimate of drug-likeness (QED) is 0.378. The van der Waals surface area contributed by atoms with Gasteiger partial charge in [-0.1, -0.05) is 23.2 Å². The molecule has 0 bridgehead atoms. The molecule has 0 saturated heterocycles. The molecule has 0 aromatic heterocycles. The molecule has 0 atom stereocenters. The maximum absolute atomic E-state index is 12.3. The Hall–Kier alpha value is -2.49. The van der Waals surface area contributed by atoms with E-state index in [2.05, 4.69) is 10.6 Å². The fourth-order valence-electron chi connectivity index (χ4n) is 2.77. The van der Waals surface area contributed by atoms with E-state index < -0.39 is 0 Å². The first-order valence-electron chi connectivity index (χ1n) is 9.83. The summed E-state index contributed by atoms with van der Waals surface area (Å²) >= 11 is 13.7. The van der Waals surface area contributed by atoms with Crippen molar-refractivity contribution < 1.29 is 28.5 Å². The van der Waals surface area contributed by atoms with Gasteiger partial charge in [-0.25, -0.2) is 0 Å². The molecule has 2 aromatic rings. The molecule has 8 nitrogen and oxygen atoms in total. The molecule has 0 aliphatic carbocycles. The van der Waals surface area contributed by atoms with Gasteiger partial charge in [0.25, 0.3) is 0 Å². The highest BCUT2D eigenvalue weighted by molar-refractivity contribution is 7.99. The zero-order valence-corrected chi connectivity index (χ0v) is 21.1. The smallest absolute Gasteiger partial charge is 0.225 e. The van der Waals surface area contributed by atoms with Crippen LogP contribution in [0.4, 0.5) is 11.4 Å². The zero-order chi connectivity index (χ0) is 24.4. The number of benzene rings is 2. The summed E-state index contributed by atoms with van der Waals surface area (Å²) in [5.41, 5.74) is 0.945. The number of nitrogens with one attached hydrogen (secondary N) is 2. The van der Waals surface area contributed by atoms with Crippen molar-refractivity contribution >= 4 is 58.2 Å². The second-order valence-corrected chi connectivity index (χ2v) is 8.62. The van der Waals surface area contributed by atoms with E-state index in [0.717, 1.165) is 0 Å². The number of rotatable bonds is 12. The lowest BCUT2D eigenvalue weighted by Crippen LogP contribution is -2.15. The van der Waals surface area contributed by atoms with Crippen LogP contribution >= 0.6 is 35.0 Å². The third-order valence-corrected chi connectivity index (χ3v) is 6.02. The summed E-state index contributed by atoms with van der Waals surface area (Å²) in [6, 6.07) is 6.37. The first-order chi connectivity index (χ1) is 15.8. The van der Waals surface area contributed by atoms with Crippen molar-refractivity contribution in [3.05, 3.63) is 34.3 Å². The van der Waals surface area contributed by atoms with Gasteiger partial charge in [-0.3, -0.25) is 9.59 Å². The molecule has 2 N–H and O–H groups in total. The number of amides is 2. The van der Waals surface area contributed by atoms with Crippen LogP contribution in [0.15, 0.2) is 24.3 Å². The van der Waals surface area contributed by atoms with Gasteiger partial charge in [0.05, 0.1) is 49.9 Å². The van der Waals surface area contributed by atoms with E-state index in [9.17, 15) is 9.59 Å². The second kappa shape index (κ2) is 13.3. The Morgan fingerprint density at radius 3 is 1.39 bits per heavy atom. The Morgan fingerprint density at radius 1 is 0.697 bits per heavy atom. The van der Waals surface area contributed by atoms with Gasteiger partial charge >= 0.3 is 0 Å². The summed E-state index contributed by atoms with van der Waals surface area (Å²) < 4.78 is 20.9. The van der Waals surface area contributed by atoms with E-state index >= 15 is 0 Å². The van der Waals surface area contributed by atoms with Crippen LogP contribution in [0.3, 0.4) is 0 Å². The summed E-state index contributed by atoms with van der Waals surface area (Å²) in [4.78, 5) is 24.6. The average molecular weight is 517 g/mol. The van der Waals surface area contributed by atoms with Gasteiger partial charge < -0.3 is 29.6 Å². The number of thioether (sulfide) groups is 1. The van der Waals surface area contributed by atoms with Gasteiger partial charge in [-0.2, -0.15) is 11.8 Å². The van der Waals surface area contributed by atoms with Crippen LogP contribution in [-0.4, -0.2) is 51.8 Å². The summed E-state index contributed by atoms with van der Waals surface area (Å²) in [7, 11) is 5.96. The normalized spacial score (nSPS) is 10.4. The minimum atomic E-state index is -0.187. The molecule has 0 radical (unpaired) electrons. The monoisotopic (exact) mass is 516 g/mol. The average Bonchev–Trinajstić information content (AvgIpc) is 2.80. The first kappa shape index (κ1) is 26.8. The molecule has 33 heavy (non-hydrogen) atoms. The van der Waals surface area contributed by atoms with Crippen molar-refractivity contribution in [3.63, 3.8) is 0 Å². The van der Waals surface area contributed by atoms with Crippen molar-refractivity contribution in [2.75, 3.05) is 50.6 Å². The zero-order valence-electron chi connectivity index (χ0n) is 18.8. The third-order valence-electron chi connectivity index (χ3n) is 4.44. The highest BCUT2D eigenvalue weighted by Gasteiger charge is 2.14. The van der Waals surface area contributed by atoms with Crippen molar-refractivity contribution in [1.82, 2.24) is 0 Å². The van der Waals surface area contributed by atoms with Crippen LogP contribution in [0.1, 0.15) is 12.8 Å². The van der Waals surface area contributed by atoms with Gasteiger partial charge in [0.15, 0.2) is 0 Å². The maximum Gasteiger partial charge on any atom is 0.225 e. The Labute approximate surface area is 207 Å². The van der Waals surface area contributed by atoms with Crippen LogP contribution < -0.4 is 29.6 Å². The van der Waals surface area contributed by atoms with Gasteiger partial charge in [-0.05, 0) is 0 Å². The molecule has 0 aliphatic heterocycles. The Morgan fingerprint density at radius 2 is 1.06 bits per heavy atom. The summed E-state index contributed by atoms with van der Waals surface area (Å²) in [5, 5.41) is 6.35. The molecule has 0 aliphatic rings. The Balaban J connectivity index is 1.79. The van der Waals surface area contributed by atoms with E-state index in [1.807, 2.05) is 0 Å². The lowest BCUT2D eigenvalue weighted by atomic mass is 10.2. The van der Waals surface area contributed by atoms with E-state index in [1.165, 1.54) is 40.2 Å². The fraction of sp³-hybridized carbons (Fsp3) is 0.364. The number of ether oxygens (including phenoxy) is 4. The van der Waals surface area contributed by atoms with Crippen molar-refractivity contribution in [2.24, 2.45) is 0 Å². The predicted molar refractivity (Wildman–Crippen MR) is 133 cm³/mol. The topological polar surface area (TPSA) is 95.1 Å². The summed E-state index contributed by atoms with van der Waals surface area (Å²) in [6.07, 6.45) is 0.533. The lowest BCUT2D eigenvalue weighted by Gasteiger charge is -2.13. The van der Waals surface area contributed by atoms with Crippen molar-refractivity contribution in [1.29, 1.82) is 0 Å². The molecule has 2 amide bonds. The van der Waals surface area contributed by atoms with Crippen molar-refractivity contribution in [2.45, 2.75) is 12.8 Å². The molecule has 0 spiro atoms. The largest absolute Gasteiger partial charge is 0.495 e. The molecule has 0 fully saturated rings. The molecule has 0 heterocycles. The number of methoxy groups -OCH3 is 4. The standard InChI is InChI=1S/C22H26Cl2N2O6S/c1-29-17-11-15(19(31-3)9-13(17)23)25-21(27)5-7-33-8-6-22(28)26-16-12-18(30-2)14(24)10-20(16)32-4/h9-12H,5-8H2,1-4H3,(H,25,27)(H,26,28).